The fourth-order valence-electron chi connectivity index (χ4n) is 4.34. The van der Waals surface area contributed by atoms with Gasteiger partial charge in [0.25, 0.3) is 0 Å². The van der Waals surface area contributed by atoms with Crippen molar-refractivity contribution >= 4 is 11.2 Å². The highest BCUT2D eigenvalue weighted by Gasteiger charge is 2.25. The maximum Gasteiger partial charge on any atom is 0.156 e. The zero-order valence-electron chi connectivity index (χ0n) is 14.9. The summed E-state index contributed by atoms with van der Waals surface area (Å²) in [7, 11) is 0. The van der Waals surface area contributed by atoms with Crippen LogP contribution in [0.2, 0.25) is 0 Å². The Morgan fingerprint density at radius 3 is 2.81 bits per heavy atom. The van der Waals surface area contributed by atoms with E-state index in [1.54, 1.807) is 0 Å². The molecule has 1 atom stereocenters. The van der Waals surface area contributed by atoms with Crippen LogP contribution < -0.4 is 5.32 Å². The van der Waals surface area contributed by atoms with E-state index in [9.17, 15) is 0 Å². The van der Waals surface area contributed by atoms with E-state index in [0.29, 0.717) is 12.0 Å². The van der Waals surface area contributed by atoms with Crippen molar-refractivity contribution < 1.29 is 4.74 Å². The molecule has 0 amide bonds. The normalized spacial score (nSPS) is 21.5. The second-order valence-electron chi connectivity index (χ2n) is 7.35. The van der Waals surface area contributed by atoms with Gasteiger partial charge in [0, 0.05) is 31.0 Å². The molecule has 3 aromatic rings. The van der Waals surface area contributed by atoms with Crippen LogP contribution >= 0.6 is 0 Å². The Morgan fingerprint density at radius 2 is 1.96 bits per heavy atom. The number of benzene rings is 1. The summed E-state index contributed by atoms with van der Waals surface area (Å²) in [6, 6.07) is 9.31. The molecule has 5 rings (SSSR count). The molecule has 2 aromatic heterocycles. The monoisotopic (exact) mass is 348 g/mol. The third kappa shape index (κ3) is 2.91. The summed E-state index contributed by atoms with van der Waals surface area (Å²) in [4.78, 5) is 12.4. The smallest absolute Gasteiger partial charge is 0.156 e. The lowest BCUT2D eigenvalue weighted by Crippen LogP contribution is -2.19. The van der Waals surface area contributed by atoms with Crippen molar-refractivity contribution in [3.05, 3.63) is 47.8 Å². The summed E-state index contributed by atoms with van der Waals surface area (Å²) in [5.41, 5.74) is 6.78. The van der Waals surface area contributed by atoms with Gasteiger partial charge in [0.1, 0.15) is 5.52 Å². The van der Waals surface area contributed by atoms with Crippen LogP contribution in [0, 0.1) is 0 Å². The van der Waals surface area contributed by atoms with Gasteiger partial charge in [0.05, 0.1) is 11.9 Å². The molecule has 0 aliphatic carbocycles. The Bertz CT molecular complexity index is 907. The summed E-state index contributed by atoms with van der Waals surface area (Å²) in [6.45, 7) is 2.86. The van der Waals surface area contributed by atoms with Gasteiger partial charge in [-0.3, -0.25) is 0 Å². The van der Waals surface area contributed by atoms with E-state index in [1.807, 2.05) is 18.5 Å². The van der Waals surface area contributed by atoms with Crippen LogP contribution in [0.15, 0.2) is 36.7 Å². The lowest BCUT2D eigenvalue weighted by atomic mass is 9.84. The van der Waals surface area contributed by atoms with Crippen molar-refractivity contribution in [1.29, 1.82) is 0 Å². The lowest BCUT2D eigenvalue weighted by molar-refractivity contribution is 0.0851. The van der Waals surface area contributed by atoms with Gasteiger partial charge < -0.3 is 15.0 Å². The Labute approximate surface area is 153 Å². The number of ether oxygens (including phenoxy) is 1. The quantitative estimate of drug-likeness (QED) is 0.752. The van der Waals surface area contributed by atoms with E-state index >= 15 is 0 Å². The highest BCUT2D eigenvalue weighted by Crippen LogP contribution is 2.37. The van der Waals surface area contributed by atoms with E-state index in [4.69, 9.17) is 9.72 Å². The average molecular weight is 348 g/mol. The first-order valence-corrected chi connectivity index (χ1v) is 9.64. The molecule has 0 saturated carbocycles. The van der Waals surface area contributed by atoms with Crippen LogP contribution in [0.3, 0.4) is 0 Å². The molecule has 2 aliphatic rings. The molecular formula is C21H24N4O. The summed E-state index contributed by atoms with van der Waals surface area (Å²) < 4.78 is 5.58. The number of rotatable bonds is 3. The van der Waals surface area contributed by atoms with Crippen molar-refractivity contribution in [2.24, 2.45) is 0 Å². The molecule has 5 nitrogen and oxygen atoms in total. The number of aromatic amines is 1. The van der Waals surface area contributed by atoms with Gasteiger partial charge >= 0.3 is 0 Å². The largest absolute Gasteiger partial charge is 0.381 e. The molecule has 26 heavy (non-hydrogen) atoms. The highest BCUT2D eigenvalue weighted by atomic mass is 16.5. The molecule has 0 radical (unpaired) electrons. The fraction of sp³-hybridized carbons (Fsp3) is 0.429. The minimum absolute atomic E-state index is 0.455. The SMILES string of the molecule is c1cc2nc(-c3ccc(C4CCOCC4)c(C4CCCN4)c3)cnc2[nH]1. The van der Waals surface area contributed by atoms with Gasteiger partial charge in [0.2, 0.25) is 0 Å². The molecule has 4 heterocycles. The van der Waals surface area contributed by atoms with E-state index in [-0.39, 0.29) is 0 Å². The number of hydrogen-bond acceptors (Lipinski definition) is 4. The molecule has 2 saturated heterocycles. The summed E-state index contributed by atoms with van der Waals surface area (Å²) in [5.74, 6) is 0.605. The zero-order chi connectivity index (χ0) is 17.3. The maximum absolute atomic E-state index is 5.58. The van der Waals surface area contributed by atoms with Crippen LogP contribution in [0.4, 0.5) is 0 Å². The first-order chi connectivity index (χ1) is 12.9. The van der Waals surface area contributed by atoms with Crippen LogP contribution in [-0.4, -0.2) is 34.7 Å². The van der Waals surface area contributed by atoms with Crippen molar-refractivity contribution in [3.63, 3.8) is 0 Å². The molecule has 134 valence electrons. The number of nitrogens with zero attached hydrogens (tertiary/aromatic N) is 2. The summed E-state index contributed by atoms with van der Waals surface area (Å²) in [6.07, 6.45) is 8.45. The van der Waals surface area contributed by atoms with Crippen LogP contribution in [0.25, 0.3) is 22.4 Å². The third-order valence-electron chi connectivity index (χ3n) is 5.74. The van der Waals surface area contributed by atoms with Crippen molar-refractivity contribution in [2.75, 3.05) is 19.8 Å². The summed E-state index contributed by atoms with van der Waals surface area (Å²) in [5, 5.41) is 3.68. The Balaban J connectivity index is 1.56. The molecule has 2 aliphatic heterocycles. The van der Waals surface area contributed by atoms with E-state index in [1.165, 1.54) is 24.0 Å². The molecule has 1 unspecified atom stereocenters. The number of nitrogens with one attached hydrogen (secondary N) is 2. The minimum atomic E-state index is 0.455. The van der Waals surface area contributed by atoms with Crippen molar-refractivity contribution in [3.8, 4) is 11.3 Å². The van der Waals surface area contributed by atoms with Gasteiger partial charge in [-0.2, -0.15) is 0 Å². The van der Waals surface area contributed by atoms with Gasteiger partial charge in [-0.25, -0.2) is 9.97 Å². The minimum Gasteiger partial charge on any atom is -0.381 e. The Hall–Kier alpha value is -2.24. The predicted molar refractivity (Wildman–Crippen MR) is 102 cm³/mol. The van der Waals surface area contributed by atoms with E-state index in [0.717, 1.165) is 55.0 Å². The first-order valence-electron chi connectivity index (χ1n) is 9.64. The number of aromatic nitrogens is 3. The molecular weight excluding hydrogens is 324 g/mol. The zero-order valence-corrected chi connectivity index (χ0v) is 14.9. The molecule has 2 N–H and O–H groups in total. The van der Waals surface area contributed by atoms with Gasteiger partial charge in [0.15, 0.2) is 5.65 Å². The van der Waals surface area contributed by atoms with E-state index < -0.39 is 0 Å². The highest BCUT2D eigenvalue weighted by molar-refractivity contribution is 5.74. The summed E-state index contributed by atoms with van der Waals surface area (Å²) >= 11 is 0. The molecule has 5 heteroatoms. The Morgan fingerprint density at radius 1 is 1.04 bits per heavy atom. The first kappa shape index (κ1) is 16.0. The number of hydrogen-bond donors (Lipinski definition) is 2. The fourth-order valence-corrected chi connectivity index (χ4v) is 4.34. The van der Waals surface area contributed by atoms with E-state index in [2.05, 4.69) is 33.5 Å². The average Bonchev–Trinajstić information content (AvgIpc) is 3.39. The predicted octanol–water partition coefficient (Wildman–Crippen LogP) is 3.94. The molecule has 0 bridgehead atoms. The topological polar surface area (TPSA) is 62.8 Å². The van der Waals surface area contributed by atoms with Crippen molar-refractivity contribution in [1.82, 2.24) is 20.3 Å². The van der Waals surface area contributed by atoms with Gasteiger partial charge in [-0.15, -0.1) is 0 Å². The number of H-pyrrole nitrogens is 1. The third-order valence-corrected chi connectivity index (χ3v) is 5.74. The van der Waals surface area contributed by atoms with Gasteiger partial charge in [-0.05, 0) is 61.4 Å². The van der Waals surface area contributed by atoms with Crippen molar-refractivity contribution in [2.45, 2.75) is 37.6 Å². The van der Waals surface area contributed by atoms with Gasteiger partial charge in [-0.1, -0.05) is 12.1 Å². The van der Waals surface area contributed by atoms with Crippen LogP contribution in [-0.2, 0) is 4.74 Å². The van der Waals surface area contributed by atoms with Crippen LogP contribution in [0.1, 0.15) is 48.8 Å². The second kappa shape index (κ2) is 6.82. The van der Waals surface area contributed by atoms with Crippen LogP contribution in [0.5, 0.6) is 0 Å². The standard InChI is InChI=1S/C21H24N4O/c1-2-18(22-8-1)17-12-15(3-4-16(17)14-6-10-26-11-7-14)20-13-24-21-19(25-20)5-9-23-21/h3-5,9,12-14,18,22H,1-2,6-8,10-11H2,(H,23,24). The molecule has 2 fully saturated rings. The molecule has 0 spiro atoms. The Kier molecular flexibility index (Phi) is 4.19. The maximum atomic E-state index is 5.58. The lowest BCUT2D eigenvalue weighted by Gasteiger charge is -2.27. The number of fused-ring (bicyclic) bond motifs is 1. The second-order valence-corrected chi connectivity index (χ2v) is 7.35. The molecule has 1 aromatic carbocycles.